The van der Waals surface area contributed by atoms with E-state index in [1.165, 1.54) is 0 Å². The van der Waals surface area contributed by atoms with E-state index in [-0.39, 0.29) is 5.75 Å². The molecule has 0 aliphatic heterocycles. The Morgan fingerprint density at radius 2 is 1.38 bits per heavy atom. The number of hydrogen-bond acceptors (Lipinski definition) is 4. The first-order valence-electron chi connectivity index (χ1n) is 6.96. The summed E-state index contributed by atoms with van der Waals surface area (Å²) >= 11 is 0. The molecule has 0 fully saturated rings. The predicted octanol–water partition coefficient (Wildman–Crippen LogP) is 3.00. The van der Waals surface area contributed by atoms with Crippen molar-refractivity contribution in [1.82, 2.24) is 0 Å². The van der Waals surface area contributed by atoms with E-state index in [1.54, 1.807) is 18.2 Å². The van der Waals surface area contributed by atoms with Crippen molar-refractivity contribution < 1.29 is 19.3 Å². The summed E-state index contributed by atoms with van der Waals surface area (Å²) in [7, 11) is 0. The van der Waals surface area contributed by atoms with Crippen molar-refractivity contribution in [3.63, 3.8) is 0 Å². The number of phenols is 1. The van der Waals surface area contributed by atoms with Crippen molar-refractivity contribution >= 4 is 0 Å². The lowest BCUT2D eigenvalue weighted by Crippen LogP contribution is -2.10. The number of para-hydroxylation sites is 2. The van der Waals surface area contributed by atoms with Gasteiger partial charge in [-0.25, -0.2) is 0 Å². The summed E-state index contributed by atoms with van der Waals surface area (Å²) in [6.45, 7) is 2.53. The van der Waals surface area contributed by atoms with Crippen LogP contribution in [0.2, 0.25) is 0 Å². The Kier molecular flexibility index (Phi) is 6.58. The molecule has 0 spiro atoms. The molecule has 2 rings (SSSR count). The molecule has 0 saturated carbocycles. The molecule has 0 radical (unpaired) electrons. The molecule has 0 heterocycles. The standard InChI is InChI=1S/C17H20O4/c18-16-8-4-5-9-17(16)21-13-12-19-10-11-20-14-15-6-2-1-3-7-15/h1-9,18H,10-14H2. The molecule has 0 aromatic heterocycles. The van der Waals surface area contributed by atoms with E-state index in [2.05, 4.69) is 0 Å². The van der Waals surface area contributed by atoms with Gasteiger partial charge in [0.2, 0.25) is 0 Å². The minimum Gasteiger partial charge on any atom is -0.504 e. The fourth-order valence-electron chi connectivity index (χ4n) is 1.77. The van der Waals surface area contributed by atoms with Crippen LogP contribution in [0.25, 0.3) is 0 Å². The zero-order chi connectivity index (χ0) is 14.8. The third kappa shape index (κ3) is 5.85. The number of benzene rings is 2. The zero-order valence-electron chi connectivity index (χ0n) is 11.9. The molecule has 2 aromatic rings. The number of ether oxygens (including phenoxy) is 3. The molecule has 4 nitrogen and oxygen atoms in total. The summed E-state index contributed by atoms with van der Waals surface area (Å²) in [5.41, 5.74) is 1.15. The average molecular weight is 288 g/mol. The van der Waals surface area contributed by atoms with Gasteiger partial charge in [0.1, 0.15) is 6.61 Å². The smallest absolute Gasteiger partial charge is 0.161 e. The molecule has 0 unspecified atom stereocenters. The number of phenolic OH excluding ortho intramolecular Hbond substituents is 1. The minimum absolute atomic E-state index is 0.142. The quantitative estimate of drug-likeness (QED) is 0.721. The van der Waals surface area contributed by atoms with Crippen LogP contribution in [0, 0.1) is 0 Å². The number of rotatable bonds is 9. The molecule has 0 atom stereocenters. The van der Waals surface area contributed by atoms with E-state index in [1.807, 2.05) is 36.4 Å². The first-order valence-corrected chi connectivity index (χ1v) is 6.96. The highest BCUT2D eigenvalue weighted by atomic mass is 16.5. The maximum atomic E-state index is 9.51. The van der Waals surface area contributed by atoms with Crippen molar-refractivity contribution in [2.45, 2.75) is 6.61 Å². The van der Waals surface area contributed by atoms with Crippen LogP contribution in [0.3, 0.4) is 0 Å². The van der Waals surface area contributed by atoms with Crippen LogP contribution in [0.1, 0.15) is 5.56 Å². The Bertz CT molecular complexity index is 513. The first-order chi connectivity index (χ1) is 10.4. The van der Waals surface area contributed by atoms with Crippen LogP contribution in [-0.2, 0) is 16.1 Å². The molecular formula is C17H20O4. The summed E-state index contributed by atoms with van der Waals surface area (Å²) in [5.74, 6) is 0.616. The Balaban J connectivity index is 1.48. The van der Waals surface area contributed by atoms with E-state index < -0.39 is 0 Å². The molecule has 2 aromatic carbocycles. The Morgan fingerprint density at radius 1 is 0.714 bits per heavy atom. The summed E-state index contributed by atoms with van der Waals surface area (Å²) in [4.78, 5) is 0. The molecule has 1 N–H and O–H groups in total. The first kappa shape index (κ1) is 15.4. The van der Waals surface area contributed by atoms with Crippen molar-refractivity contribution in [3.8, 4) is 11.5 Å². The lowest BCUT2D eigenvalue weighted by molar-refractivity contribution is 0.0301. The lowest BCUT2D eigenvalue weighted by Gasteiger charge is -2.08. The van der Waals surface area contributed by atoms with Crippen molar-refractivity contribution in [2.24, 2.45) is 0 Å². The second kappa shape index (κ2) is 9.00. The lowest BCUT2D eigenvalue weighted by atomic mass is 10.2. The second-order valence-corrected chi connectivity index (χ2v) is 4.47. The van der Waals surface area contributed by atoms with Crippen molar-refractivity contribution in [3.05, 3.63) is 60.2 Å². The summed E-state index contributed by atoms with van der Waals surface area (Å²) in [6, 6.07) is 16.9. The van der Waals surface area contributed by atoms with E-state index in [0.717, 1.165) is 5.56 Å². The fraction of sp³-hybridized carbons (Fsp3) is 0.294. The third-order valence-electron chi connectivity index (χ3n) is 2.83. The molecule has 112 valence electrons. The van der Waals surface area contributed by atoms with E-state index in [9.17, 15) is 5.11 Å². The Hall–Kier alpha value is -2.04. The molecule has 0 saturated heterocycles. The van der Waals surface area contributed by atoms with Crippen LogP contribution < -0.4 is 4.74 Å². The highest BCUT2D eigenvalue weighted by Crippen LogP contribution is 2.23. The van der Waals surface area contributed by atoms with Crippen LogP contribution in [0.15, 0.2) is 54.6 Å². The van der Waals surface area contributed by atoms with E-state index in [4.69, 9.17) is 14.2 Å². The van der Waals surface area contributed by atoms with Gasteiger partial charge in [0.25, 0.3) is 0 Å². The van der Waals surface area contributed by atoms with Gasteiger partial charge in [-0.15, -0.1) is 0 Å². The third-order valence-corrected chi connectivity index (χ3v) is 2.83. The molecule has 0 bridgehead atoms. The van der Waals surface area contributed by atoms with Gasteiger partial charge in [-0.2, -0.15) is 0 Å². The van der Waals surface area contributed by atoms with Crippen LogP contribution in [-0.4, -0.2) is 31.5 Å². The normalized spacial score (nSPS) is 10.5. The maximum Gasteiger partial charge on any atom is 0.161 e. The summed E-state index contributed by atoms with van der Waals surface area (Å²) in [6.07, 6.45) is 0. The molecular weight excluding hydrogens is 268 g/mol. The molecule has 21 heavy (non-hydrogen) atoms. The monoisotopic (exact) mass is 288 g/mol. The highest BCUT2D eigenvalue weighted by molar-refractivity contribution is 5.37. The largest absolute Gasteiger partial charge is 0.504 e. The van der Waals surface area contributed by atoms with Gasteiger partial charge in [-0.3, -0.25) is 0 Å². The van der Waals surface area contributed by atoms with Gasteiger partial charge < -0.3 is 19.3 Å². The SMILES string of the molecule is Oc1ccccc1OCCOCCOCc1ccccc1. The predicted molar refractivity (Wildman–Crippen MR) is 80.5 cm³/mol. The summed E-state index contributed by atoms with van der Waals surface area (Å²) in [5, 5.41) is 9.51. The zero-order valence-corrected chi connectivity index (χ0v) is 11.9. The van der Waals surface area contributed by atoms with E-state index >= 15 is 0 Å². The molecule has 0 amide bonds. The maximum absolute atomic E-state index is 9.51. The topological polar surface area (TPSA) is 47.9 Å². The number of aromatic hydroxyl groups is 1. The minimum atomic E-state index is 0.142. The van der Waals surface area contributed by atoms with Crippen LogP contribution in [0.5, 0.6) is 11.5 Å². The Morgan fingerprint density at radius 3 is 2.19 bits per heavy atom. The second-order valence-electron chi connectivity index (χ2n) is 4.47. The Labute approximate surface area is 124 Å². The van der Waals surface area contributed by atoms with Gasteiger partial charge in [-0.1, -0.05) is 42.5 Å². The molecule has 4 heteroatoms. The van der Waals surface area contributed by atoms with Gasteiger partial charge in [0.15, 0.2) is 11.5 Å². The van der Waals surface area contributed by atoms with Gasteiger partial charge >= 0.3 is 0 Å². The van der Waals surface area contributed by atoms with Crippen LogP contribution in [0.4, 0.5) is 0 Å². The van der Waals surface area contributed by atoms with Gasteiger partial charge in [0, 0.05) is 0 Å². The van der Waals surface area contributed by atoms with E-state index in [0.29, 0.717) is 38.8 Å². The molecule has 0 aliphatic carbocycles. The van der Waals surface area contributed by atoms with Crippen molar-refractivity contribution in [1.29, 1.82) is 0 Å². The van der Waals surface area contributed by atoms with Gasteiger partial charge in [-0.05, 0) is 17.7 Å². The highest BCUT2D eigenvalue weighted by Gasteiger charge is 1.99. The fourth-order valence-corrected chi connectivity index (χ4v) is 1.77. The average Bonchev–Trinajstić information content (AvgIpc) is 2.52. The van der Waals surface area contributed by atoms with Gasteiger partial charge in [0.05, 0.1) is 26.4 Å². The summed E-state index contributed by atoms with van der Waals surface area (Å²) < 4.78 is 16.3. The number of hydrogen-bond donors (Lipinski definition) is 1. The van der Waals surface area contributed by atoms with Crippen molar-refractivity contribution in [2.75, 3.05) is 26.4 Å². The van der Waals surface area contributed by atoms with Crippen LogP contribution >= 0.6 is 0 Å². The molecule has 0 aliphatic rings.